The van der Waals surface area contributed by atoms with Crippen molar-refractivity contribution < 1.29 is 17.9 Å². The van der Waals surface area contributed by atoms with Crippen LogP contribution < -0.4 is 4.74 Å². The molecule has 3 rings (SSSR count). The number of alkyl halides is 3. The van der Waals surface area contributed by atoms with Gasteiger partial charge in [-0.3, -0.25) is 0 Å². The van der Waals surface area contributed by atoms with Crippen LogP contribution in [0.1, 0.15) is 24.7 Å². The lowest BCUT2D eigenvalue weighted by Crippen LogP contribution is -2.16. The Balaban J connectivity index is 1.89. The van der Waals surface area contributed by atoms with Gasteiger partial charge in [0.15, 0.2) is 5.82 Å². The van der Waals surface area contributed by atoms with Gasteiger partial charge >= 0.3 is 6.36 Å². The molecule has 1 aromatic heterocycles. The number of ether oxygens (including phenoxy) is 1. The summed E-state index contributed by atoms with van der Waals surface area (Å²) in [6.07, 6.45) is -0.330. The Morgan fingerprint density at radius 1 is 1.18 bits per heavy atom. The summed E-state index contributed by atoms with van der Waals surface area (Å²) in [6.45, 7) is 1.90. The van der Waals surface area contributed by atoms with E-state index in [1.807, 2.05) is 13.0 Å². The number of tetrazole rings is 1. The molecule has 1 aliphatic rings. The Hall–Kier alpha value is -2.64. The molecule has 0 atom stereocenters. The zero-order valence-electron chi connectivity index (χ0n) is 11.5. The molecule has 0 radical (unpaired) electrons. The molecule has 0 saturated carbocycles. The Bertz CT molecular complexity index is 744. The summed E-state index contributed by atoms with van der Waals surface area (Å²) in [4.78, 5) is 0. The molecule has 22 heavy (non-hydrogen) atoms. The highest BCUT2D eigenvalue weighted by Gasteiger charge is 2.31. The maximum atomic E-state index is 12.2. The van der Waals surface area contributed by atoms with E-state index in [9.17, 15) is 13.2 Å². The van der Waals surface area contributed by atoms with Gasteiger partial charge in [-0.05, 0) is 52.6 Å². The third-order valence-electron chi connectivity index (χ3n) is 3.21. The van der Waals surface area contributed by atoms with E-state index >= 15 is 0 Å². The van der Waals surface area contributed by atoms with Crippen LogP contribution in [0, 0.1) is 0 Å². The summed E-state index contributed by atoms with van der Waals surface area (Å²) in [5.74, 6) is 0.396. The molecule has 8 heteroatoms. The molecule has 1 aromatic carbocycles. The lowest BCUT2D eigenvalue weighted by atomic mass is 10.0. The van der Waals surface area contributed by atoms with Crippen molar-refractivity contribution >= 4 is 17.3 Å². The van der Waals surface area contributed by atoms with Crippen molar-refractivity contribution in [1.29, 1.82) is 0 Å². The molecule has 2 aromatic rings. The summed E-state index contributed by atoms with van der Waals surface area (Å²) in [7, 11) is 0. The van der Waals surface area contributed by atoms with Gasteiger partial charge in [0.1, 0.15) is 5.75 Å². The summed E-state index contributed by atoms with van der Waals surface area (Å²) in [5, 5.41) is 11.4. The molecule has 0 unspecified atom stereocenters. The zero-order valence-corrected chi connectivity index (χ0v) is 11.5. The number of halogens is 3. The minimum absolute atomic E-state index is 0.250. The van der Waals surface area contributed by atoms with Crippen molar-refractivity contribution in [3.05, 3.63) is 41.7 Å². The molecule has 0 aliphatic carbocycles. The topological polar surface area (TPSA) is 52.8 Å². The second-order valence-electron chi connectivity index (χ2n) is 4.76. The normalized spacial score (nSPS) is 14.7. The summed E-state index contributed by atoms with van der Waals surface area (Å²) < 4.78 is 41.9. The van der Waals surface area contributed by atoms with E-state index in [-0.39, 0.29) is 5.75 Å². The second-order valence-corrected chi connectivity index (χ2v) is 4.76. The molecular weight excluding hydrogens is 297 g/mol. The lowest BCUT2D eigenvalue weighted by Gasteiger charge is -2.10. The van der Waals surface area contributed by atoms with Crippen LogP contribution in [-0.2, 0) is 0 Å². The maximum absolute atomic E-state index is 12.2. The average Bonchev–Trinajstić information content (AvgIpc) is 2.85. The van der Waals surface area contributed by atoms with E-state index in [0.717, 1.165) is 16.7 Å². The fraction of sp³-hybridized carbons (Fsp3) is 0.214. The van der Waals surface area contributed by atoms with Gasteiger partial charge in [0.05, 0.1) is 0 Å². The van der Waals surface area contributed by atoms with Crippen molar-refractivity contribution in [3.8, 4) is 5.75 Å². The van der Waals surface area contributed by atoms with Crippen LogP contribution in [0.15, 0.2) is 30.3 Å². The van der Waals surface area contributed by atoms with Gasteiger partial charge < -0.3 is 4.74 Å². The Labute approximate surface area is 123 Å². The Morgan fingerprint density at radius 2 is 1.91 bits per heavy atom. The predicted octanol–water partition coefficient (Wildman–Crippen LogP) is 3.38. The minimum Gasteiger partial charge on any atom is -0.406 e. The van der Waals surface area contributed by atoms with Crippen molar-refractivity contribution in [1.82, 2.24) is 20.2 Å². The number of allylic oxidation sites excluding steroid dienone is 3. The first-order valence-corrected chi connectivity index (χ1v) is 6.44. The third-order valence-corrected chi connectivity index (χ3v) is 3.21. The summed E-state index contributed by atoms with van der Waals surface area (Å²) >= 11 is 0. The van der Waals surface area contributed by atoms with Gasteiger partial charge in [0, 0.05) is 6.20 Å². The van der Waals surface area contributed by atoms with Crippen molar-refractivity contribution in [3.63, 3.8) is 0 Å². The molecule has 2 heterocycles. The molecule has 0 fully saturated rings. The number of hydrogen-bond donors (Lipinski definition) is 0. The van der Waals surface area contributed by atoms with E-state index in [4.69, 9.17) is 0 Å². The fourth-order valence-electron chi connectivity index (χ4n) is 2.16. The smallest absolute Gasteiger partial charge is 0.406 e. The van der Waals surface area contributed by atoms with Crippen LogP contribution >= 0.6 is 0 Å². The summed E-state index contributed by atoms with van der Waals surface area (Å²) in [5.41, 5.74) is 2.61. The quantitative estimate of drug-likeness (QED) is 0.853. The van der Waals surface area contributed by atoms with Crippen LogP contribution in [0.5, 0.6) is 5.75 Å². The van der Waals surface area contributed by atoms with Gasteiger partial charge in [0.2, 0.25) is 0 Å². The van der Waals surface area contributed by atoms with Gasteiger partial charge in [-0.2, -0.15) is 0 Å². The van der Waals surface area contributed by atoms with Gasteiger partial charge in [0.25, 0.3) is 0 Å². The van der Waals surface area contributed by atoms with Crippen molar-refractivity contribution in [2.45, 2.75) is 19.7 Å². The molecule has 0 spiro atoms. The largest absolute Gasteiger partial charge is 0.573 e. The number of rotatable bonds is 2. The standard InChI is InChI=1S/C14H11F3N4O/c1-9-2-3-11(8-21-13(9)18-19-20-21)10-4-6-12(7-5-10)22-14(15,16)17/h2,4-8H,3H2,1H3. The molecule has 0 bridgehead atoms. The van der Waals surface area contributed by atoms with Crippen LogP contribution in [-0.4, -0.2) is 26.6 Å². The minimum atomic E-state index is -4.69. The third kappa shape index (κ3) is 3.00. The maximum Gasteiger partial charge on any atom is 0.573 e. The predicted molar refractivity (Wildman–Crippen MR) is 73.4 cm³/mol. The average molecular weight is 308 g/mol. The van der Waals surface area contributed by atoms with E-state index in [0.29, 0.717) is 12.2 Å². The highest BCUT2D eigenvalue weighted by Crippen LogP contribution is 2.29. The molecule has 0 saturated heterocycles. The number of nitrogens with zero attached hydrogens (tertiary/aromatic N) is 4. The van der Waals surface area contributed by atoms with Gasteiger partial charge in [-0.1, -0.05) is 18.2 Å². The highest BCUT2D eigenvalue weighted by molar-refractivity contribution is 5.80. The first-order valence-electron chi connectivity index (χ1n) is 6.44. The zero-order chi connectivity index (χ0) is 15.7. The molecule has 114 valence electrons. The SMILES string of the molecule is CC1=CCC(c2ccc(OC(F)(F)F)cc2)=Cn2nnnc21. The van der Waals surface area contributed by atoms with Crippen LogP contribution in [0.25, 0.3) is 17.3 Å². The Kier molecular flexibility index (Phi) is 3.44. The number of hydrogen-bond acceptors (Lipinski definition) is 4. The first kappa shape index (κ1) is 14.3. The monoisotopic (exact) mass is 308 g/mol. The molecule has 5 nitrogen and oxygen atoms in total. The van der Waals surface area contributed by atoms with Crippen LogP contribution in [0.2, 0.25) is 0 Å². The number of aromatic nitrogens is 4. The lowest BCUT2D eigenvalue weighted by molar-refractivity contribution is -0.274. The molecule has 0 N–H and O–H groups in total. The van der Waals surface area contributed by atoms with Crippen molar-refractivity contribution in [2.24, 2.45) is 0 Å². The van der Waals surface area contributed by atoms with Gasteiger partial charge in [-0.25, -0.2) is 4.68 Å². The number of benzene rings is 1. The molecular formula is C14H11F3N4O. The summed E-state index contributed by atoms with van der Waals surface area (Å²) in [6, 6.07) is 5.72. The van der Waals surface area contributed by atoms with E-state index in [1.54, 1.807) is 23.0 Å². The highest BCUT2D eigenvalue weighted by atomic mass is 19.4. The first-order chi connectivity index (χ1) is 10.4. The Morgan fingerprint density at radius 3 is 2.59 bits per heavy atom. The molecule has 0 amide bonds. The number of fused-ring (bicyclic) bond motifs is 1. The van der Waals surface area contributed by atoms with E-state index in [1.165, 1.54) is 12.1 Å². The van der Waals surface area contributed by atoms with Gasteiger partial charge in [-0.15, -0.1) is 18.3 Å². The second kappa shape index (κ2) is 5.28. The molecule has 1 aliphatic heterocycles. The van der Waals surface area contributed by atoms with Crippen LogP contribution in [0.3, 0.4) is 0 Å². The fourth-order valence-corrected chi connectivity index (χ4v) is 2.16. The van der Waals surface area contributed by atoms with E-state index < -0.39 is 6.36 Å². The van der Waals surface area contributed by atoms with Crippen molar-refractivity contribution in [2.75, 3.05) is 0 Å². The van der Waals surface area contributed by atoms with E-state index in [2.05, 4.69) is 20.3 Å². The van der Waals surface area contributed by atoms with Crippen LogP contribution in [0.4, 0.5) is 13.2 Å².